The fourth-order valence-electron chi connectivity index (χ4n) is 3.70. The topological polar surface area (TPSA) is 84.9 Å². The Morgan fingerprint density at radius 3 is 2.41 bits per heavy atom. The molecule has 0 aromatic heterocycles. The molecule has 0 aliphatic carbocycles. The lowest BCUT2D eigenvalue weighted by Crippen LogP contribution is -2.55. The maximum Gasteiger partial charge on any atom is 0.411 e. The Bertz CT molecular complexity index is 989. The molecule has 0 saturated carbocycles. The van der Waals surface area contributed by atoms with Gasteiger partial charge in [-0.2, -0.15) is 0 Å². The second kappa shape index (κ2) is 10.6. The summed E-state index contributed by atoms with van der Waals surface area (Å²) in [5.41, 5.74) is 3.52. The molecule has 0 saturated heterocycles. The smallest absolute Gasteiger partial charge is 0.411 e. The number of benzene rings is 2. The van der Waals surface area contributed by atoms with Gasteiger partial charge in [0.25, 0.3) is 0 Å². The van der Waals surface area contributed by atoms with E-state index in [-0.39, 0.29) is 19.6 Å². The summed E-state index contributed by atoms with van der Waals surface area (Å²) >= 11 is 0. The number of hydrogen-bond acceptors (Lipinski definition) is 5. The van der Waals surface area contributed by atoms with Crippen LogP contribution in [0.2, 0.25) is 0 Å². The van der Waals surface area contributed by atoms with Gasteiger partial charge in [-0.15, -0.1) is 6.58 Å². The number of fused-ring (bicyclic) bond motifs is 1. The van der Waals surface area contributed by atoms with Crippen LogP contribution in [0, 0.1) is 0 Å². The van der Waals surface area contributed by atoms with Crippen molar-refractivity contribution in [2.24, 2.45) is 0 Å². The zero-order valence-electron chi connectivity index (χ0n) is 18.4. The van der Waals surface area contributed by atoms with E-state index in [1.165, 1.54) is 12.0 Å². The Balaban J connectivity index is 1.79. The van der Waals surface area contributed by atoms with Crippen LogP contribution in [0.1, 0.15) is 30.0 Å². The van der Waals surface area contributed by atoms with Crippen molar-refractivity contribution in [1.82, 2.24) is 10.2 Å². The van der Waals surface area contributed by atoms with Gasteiger partial charge in [0.2, 0.25) is 5.91 Å². The Morgan fingerprint density at radius 2 is 1.75 bits per heavy atom. The molecule has 7 nitrogen and oxygen atoms in total. The summed E-state index contributed by atoms with van der Waals surface area (Å²) in [6.45, 7) is 5.93. The number of ether oxygens (including phenoxy) is 2. The van der Waals surface area contributed by atoms with E-state index in [9.17, 15) is 14.4 Å². The maximum absolute atomic E-state index is 13.2. The highest BCUT2D eigenvalue weighted by Crippen LogP contribution is 2.25. The molecule has 0 unspecified atom stereocenters. The van der Waals surface area contributed by atoms with Crippen LogP contribution >= 0.6 is 0 Å². The van der Waals surface area contributed by atoms with Crippen molar-refractivity contribution < 1.29 is 23.9 Å². The summed E-state index contributed by atoms with van der Waals surface area (Å²) in [6.07, 6.45) is -0.0122. The third-order valence-corrected chi connectivity index (χ3v) is 5.35. The number of carbonyl (C=O) groups excluding carboxylic acids is 3. The second-order valence-electron chi connectivity index (χ2n) is 7.90. The van der Waals surface area contributed by atoms with Crippen LogP contribution in [0.5, 0.6) is 0 Å². The third-order valence-electron chi connectivity index (χ3n) is 5.35. The summed E-state index contributed by atoms with van der Waals surface area (Å²) < 4.78 is 10.3. The van der Waals surface area contributed by atoms with E-state index in [2.05, 4.69) is 11.9 Å². The molecule has 0 bridgehead atoms. The van der Waals surface area contributed by atoms with E-state index in [0.29, 0.717) is 6.42 Å². The van der Waals surface area contributed by atoms with Gasteiger partial charge < -0.3 is 14.8 Å². The minimum absolute atomic E-state index is 0.104. The highest BCUT2D eigenvalue weighted by atomic mass is 16.6. The maximum atomic E-state index is 13.2. The molecule has 2 atom stereocenters. The third kappa shape index (κ3) is 5.75. The minimum atomic E-state index is -0.871. The summed E-state index contributed by atoms with van der Waals surface area (Å²) in [5, 5.41) is 2.73. The van der Waals surface area contributed by atoms with Crippen molar-refractivity contribution in [1.29, 1.82) is 0 Å². The number of amides is 2. The van der Waals surface area contributed by atoms with Gasteiger partial charge >= 0.3 is 12.1 Å². The van der Waals surface area contributed by atoms with Crippen LogP contribution < -0.4 is 5.32 Å². The van der Waals surface area contributed by atoms with Gasteiger partial charge in [-0.25, -0.2) is 9.59 Å². The van der Waals surface area contributed by atoms with Gasteiger partial charge in [-0.1, -0.05) is 60.2 Å². The highest BCUT2D eigenvalue weighted by molar-refractivity contribution is 5.90. The summed E-state index contributed by atoms with van der Waals surface area (Å²) in [7, 11) is 1.27. The lowest BCUT2D eigenvalue weighted by Gasteiger charge is -2.35. The molecule has 0 spiro atoms. The molecular formula is C25H28N2O5. The van der Waals surface area contributed by atoms with E-state index in [1.54, 1.807) is 6.92 Å². The molecular weight excluding hydrogens is 408 g/mol. The molecule has 1 aliphatic heterocycles. The van der Waals surface area contributed by atoms with Crippen molar-refractivity contribution in [3.8, 4) is 0 Å². The standard InChI is InChI=1S/C25H28N2O5/c1-17(2)13-21(24(29)31-3)26-23(28)22-14-19-11-7-8-12-20(19)15-27(22)25(30)32-16-18-9-5-4-6-10-18/h4-12,21-22H,1,13-16H2,2-3H3,(H,26,28)/t21-,22+/m1/s1. The van der Waals surface area contributed by atoms with Crippen LogP contribution in [0.3, 0.4) is 0 Å². The summed E-state index contributed by atoms with van der Waals surface area (Å²) in [4.78, 5) is 39.7. The molecule has 1 aliphatic rings. The zero-order chi connectivity index (χ0) is 23.1. The molecule has 2 aromatic rings. The number of nitrogens with one attached hydrogen (secondary N) is 1. The normalized spacial score (nSPS) is 15.8. The predicted molar refractivity (Wildman–Crippen MR) is 119 cm³/mol. The fourth-order valence-corrected chi connectivity index (χ4v) is 3.70. The van der Waals surface area contributed by atoms with Gasteiger partial charge in [0.1, 0.15) is 18.7 Å². The van der Waals surface area contributed by atoms with E-state index < -0.39 is 30.1 Å². The monoisotopic (exact) mass is 436 g/mol. The van der Waals surface area contributed by atoms with Crippen LogP contribution in [0.25, 0.3) is 0 Å². The van der Waals surface area contributed by atoms with E-state index >= 15 is 0 Å². The van der Waals surface area contributed by atoms with Crippen LogP contribution in [-0.4, -0.2) is 42.1 Å². The molecule has 1 N–H and O–H groups in total. The molecule has 1 heterocycles. The van der Waals surface area contributed by atoms with Crippen LogP contribution in [0.15, 0.2) is 66.7 Å². The summed E-state index contributed by atoms with van der Waals surface area (Å²) in [6, 6.07) is 15.3. The molecule has 0 radical (unpaired) electrons. The van der Waals surface area contributed by atoms with Crippen LogP contribution in [0.4, 0.5) is 4.79 Å². The molecule has 2 amide bonds. The van der Waals surface area contributed by atoms with Gasteiger partial charge in [0.05, 0.1) is 13.7 Å². The number of esters is 1. The highest BCUT2D eigenvalue weighted by Gasteiger charge is 2.37. The Morgan fingerprint density at radius 1 is 1.09 bits per heavy atom. The summed E-state index contributed by atoms with van der Waals surface area (Å²) in [5.74, 6) is -0.997. The first-order valence-electron chi connectivity index (χ1n) is 10.5. The Labute approximate surface area is 188 Å². The largest absolute Gasteiger partial charge is 0.467 e. The zero-order valence-corrected chi connectivity index (χ0v) is 18.4. The van der Waals surface area contributed by atoms with E-state index in [0.717, 1.165) is 22.3 Å². The van der Waals surface area contributed by atoms with Crippen molar-refractivity contribution in [2.45, 2.75) is 45.0 Å². The fraction of sp³-hybridized carbons (Fsp3) is 0.320. The second-order valence-corrected chi connectivity index (χ2v) is 7.90. The predicted octanol–water partition coefficient (Wildman–Crippen LogP) is 3.37. The average molecular weight is 437 g/mol. The Kier molecular flexibility index (Phi) is 7.65. The van der Waals surface area contributed by atoms with E-state index in [4.69, 9.17) is 9.47 Å². The molecule has 7 heteroatoms. The first-order valence-corrected chi connectivity index (χ1v) is 10.5. The van der Waals surface area contributed by atoms with Gasteiger partial charge in [0, 0.05) is 6.42 Å². The first-order chi connectivity index (χ1) is 15.4. The van der Waals surface area contributed by atoms with Crippen molar-refractivity contribution in [3.63, 3.8) is 0 Å². The van der Waals surface area contributed by atoms with Gasteiger partial charge in [-0.3, -0.25) is 9.69 Å². The van der Waals surface area contributed by atoms with E-state index in [1.807, 2.05) is 54.6 Å². The van der Waals surface area contributed by atoms with Gasteiger partial charge in [0.15, 0.2) is 0 Å². The average Bonchev–Trinajstić information content (AvgIpc) is 2.81. The number of rotatable bonds is 7. The van der Waals surface area contributed by atoms with Gasteiger partial charge in [-0.05, 0) is 30.0 Å². The number of methoxy groups -OCH3 is 1. The molecule has 0 fully saturated rings. The van der Waals surface area contributed by atoms with Crippen molar-refractivity contribution in [2.75, 3.05) is 7.11 Å². The lowest BCUT2D eigenvalue weighted by molar-refractivity contribution is -0.145. The number of carbonyl (C=O) groups is 3. The molecule has 168 valence electrons. The quantitative estimate of drug-likeness (QED) is 0.531. The Hall–Kier alpha value is -3.61. The first kappa shape index (κ1) is 23.1. The minimum Gasteiger partial charge on any atom is -0.467 e. The van der Waals surface area contributed by atoms with Crippen molar-refractivity contribution in [3.05, 3.63) is 83.4 Å². The van der Waals surface area contributed by atoms with Crippen molar-refractivity contribution >= 4 is 18.0 Å². The molecule has 3 rings (SSSR count). The molecule has 32 heavy (non-hydrogen) atoms. The number of nitrogens with zero attached hydrogens (tertiary/aromatic N) is 1. The molecule has 2 aromatic carbocycles. The number of hydrogen-bond donors (Lipinski definition) is 1. The SMILES string of the molecule is C=C(C)C[C@@H](NC(=O)[C@@H]1Cc2ccccc2CN1C(=O)OCc1ccccc1)C(=O)OC. The van der Waals surface area contributed by atoms with Crippen LogP contribution in [-0.2, 0) is 38.6 Å². The lowest BCUT2D eigenvalue weighted by atomic mass is 9.93.